The van der Waals surface area contributed by atoms with Crippen LogP contribution in [0.5, 0.6) is 17.2 Å². The van der Waals surface area contributed by atoms with Gasteiger partial charge in [0.25, 0.3) is 5.91 Å². The highest BCUT2D eigenvalue weighted by Gasteiger charge is 2.30. The second kappa shape index (κ2) is 13.0. The predicted molar refractivity (Wildman–Crippen MR) is 169 cm³/mol. The maximum absolute atomic E-state index is 13.9. The van der Waals surface area contributed by atoms with Crippen LogP contribution in [-0.2, 0) is 11.2 Å². The fourth-order valence-electron chi connectivity index (χ4n) is 5.22. The van der Waals surface area contributed by atoms with Crippen molar-refractivity contribution in [2.45, 2.75) is 57.1 Å². The van der Waals surface area contributed by atoms with Crippen molar-refractivity contribution in [3.8, 4) is 28.4 Å². The predicted octanol–water partition coefficient (Wildman–Crippen LogP) is 6.53. The number of anilines is 1. The fraction of sp³-hybridized carbons (Fsp3) is 0.364. The first-order valence-corrected chi connectivity index (χ1v) is 15.1. The van der Waals surface area contributed by atoms with E-state index < -0.39 is 23.6 Å². The molecular formula is C33H38N2O7S. The molecule has 0 aliphatic heterocycles. The summed E-state index contributed by atoms with van der Waals surface area (Å²) in [7, 11) is 4.68. The molecule has 1 aliphatic rings. The first kappa shape index (κ1) is 31.7. The second-order valence-electron chi connectivity index (χ2n) is 11.2. The normalized spacial score (nSPS) is 14.0. The van der Waals surface area contributed by atoms with Crippen LogP contribution in [-0.4, -0.2) is 45.2 Å². The van der Waals surface area contributed by atoms with Gasteiger partial charge in [-0.2, -0.15) is 0 Å². The summed E-state index contributed by atoms with van der Waals surface area (Å²) in [6.45, 7) is 7.17. The standard InChI is InChI=1S/C33H38N2O7S/c1-18-9-12-24(35-32(38)42-33(2,3)4)22(15-18)31(37)34-23-13-10-19-16-26(39-5)29(40-6)30(41-7)28(19)20-11-14-27(43-8)25(36)17-21(20)23/h9,11-12,14-17,23H,10,13H2,1-8H3,(H,34,37)(H,35,38)/t23-/m0/s1. The molecule has 0 saturated carbocycles. The van der Waals surface area contributed by atoms with Gasteiger partial charge in [-0.3, -0.25) is 14.9 Å². The number of amides is 2. The highest BCUT2D eigenvalue weighted by molar-refractivity contribution is 7.98. The number of methoxy groups -OCH3 is 3. The summed E-state index contributed by atoms with van der Waals surface area (Å²) in [5.74, 6) is 1.04. The van der Waals surface area contributed by atoms with Crippen LogP contribution in [0.3, 0.4) is 0 Å². The van der Waals surface area contributed by atoms with Crippen molar-refractivity contribution in [2.24, 2.45) is 0 Å². The Bertz CT molecular complexity index is 1610. The number of hydrogen-bond acceptors (Lipinski definition) is 8. The lowest BCUT2D eigenvalue weighted by molar-refractivity contribution is 0.0636. The van der Waals surface area contributed by atoms with Gasteiger partial charge in [-0.15, -0.1) is 11.8 Å². The van der Waals surface area contributed by atoms with Crippen molar-refractivity contribution in [3.63, 3.8) is 0 Å². The summed E-state index contributed by atoms with van der Waals surface area (Å²) in [5, 5.41) is 5.86. The highest BCUT2D eigenvalue weighted by Crippen LogP contribution is 2.50. The summed E-state index contributed by atoms with van der Waals surface area (Å²) < 4.78 is 22.6. The van der Waals surface area contributed by atoms with Gasteiger partial charge in [0.1, 0.15) is 5.60 Å². The van der Waals surface area contributed by atoms with Crippen LogP contribution < -0.4 is 30.3 Å². The molecule has 0 heterocycles. The molecule has 4 rings (SSSR count). The summed E-state index contributed by atoms with van der Waals surface area (Å²) in [4.78, 5) is 40.3. The Kier molecular flexibility index (Phi) is 9.59. The molecule has 2 N–H and O–H groups in total. The number of aryl methyl sites for hydroxylation is 2. The molecule has 228 valence electrons. The number of benzene rings is 2. The minimum Gasteiger partial charge on any atom is -0.493 e. The number of ether oxygens (including phenoxy) is 4. The van der Waals surface area contributed by atoms with E-state index in [1.165, 1.54) is 11.8 Å². The minimum absolute atomic E-state index is 0.154. The Labute approximate surface area is 256 Å². The van der Waals surface area contributed by atoms with Crippen molar-refractivity contribution in [1.29, 1.82) is 0 Å². The molecule has 0 spiro atoms. The smallest absolute Gasteiger partial charge is 0.412 e. The van der Waals surface area contributed by atoms with Crippen LogP contribution in [0, 0.1) is 6.92 Å². The van der Waals surface area contributed by atoms with E-state index in [4.69, 9.17) is 18.9 Å². The second-order valence-corrected chi connectivity index (χ2v) is 12.0. The van der Waals surface area contributed by atoms with E-state index in [0.29, 0.717) is 46.2 Å². The summed E-state index contributed by atoms with van der Waals surface area (Å²) in [6, 6.07) is 11.8. The molecule has 2 amide bonds. The monoisotopic (exact) mass is 606 g/mol. The van der Waals surface area contributed by atoms with Crippen molar-refractivity contribution in [2.75, 3.05) is 32.9 Å². The van der Waals surface area contributed by atoms with Crippen LogP contribution in [0.1, 0.15) is 60.3 Å². The number of hydrogen-bond donors (Lipinski definition) is 2. The summed E-state index contributed by atoms with van der Waals surface area (Å²) >= 11 is 1.35. The summed E-state index contributed by atoms with van der Waals surface area (Å²) in [6.07, 6.45) is 2.22. The average molecular weight is 607 g/mol. The molecule has 0 unspecified atom stereocenters. The quantitative estimate of drug-likeness (QED) is 0.292. The van der Waals surface area contributed by atoms with E-state index in [9.17, 15) is 14.4 Å². The molecule has 1 aliphatic carbocycles. The molecule has 3 aromatic carbocycles. The van der Waals surface area contributed by atoms with E-state index in [2.05, 4.69) is 10.6 Å². The van der Waals surface area contributed by atoms with E-state index in [0.717, 1.165) is 22.3 Å². The Balaban J connectivity index is 1.84. The van der Waals surface area contributed by atoms with E-state index in [-0.39, 0.29) is 11.0 Å². The van der Waals surface area contributed by atoms with Crippen molar-refractivity contribution >= 4 is 29.4 Å². The molecule has 0 fully saturated rings. The minimum atomic E-state index is -0.704. The molecule has 3 aromatic rings. The number of rotatable bonds is 7. The molecule has 0 aromatic heterocycles. The van der Waals surface area contributed by atoms with Gasteiger partial charge in [-0.05, 0) is 93.8 Å². The molecule has 0 bridgehead atoms. The zero-order chi connectivity index (χ0) is 31.5. The lowest BCUT2D eigenvalue weighted by Gasteiger charge is -2.22. The third-order valence-corrected chi connectivity index (χ3v) is 7.86. The topological polar surface area (TPSA) is 112 Å². The number of thioether (sulfide) groups is 1. The van der Waals surface area contributed by atoms with Crippen LogP contribution in [0.15, 0.2) is 52.2 Å². The lowest BCUT2D eigenvalue weighted by Crippen LogP contribution is -2.31. The number of nitrogens with one attached hydrogen (secondary N) is 2. The van der Waals surface area contributed by atoms with Crippen LogP contribution in [0.4, 0.5) is 10.5 Å². The SMILES string of the molecule is COc1cc2c(c(OC)c1OC)-c1ccc(SC)c(=O)cc1[C@@H](NC(=O)c1cc(C)ccc1NC(=O)OC(C)(C)C)CC2. The van der Waals surface area contributed by atoms with E-state index in [1.807, 2.05) is 31.4 Å². The zero-order valence-electron chi connectivity index (χ0n) is 25.8. The number of carbonyl (C=O) groups excluding carboxylic acids is 2. The Hall–Kier alpha value is -4.18. The first-order chi connectivity index (χ1) is 20.4. The molecule has 0 radical (unpaired) electrons. The molecule has 10 heteroatoms. The first-order valence-electron chi connectivity index (χ1n) is 13.9. The van der Waals surface area contributed by atoms with Gasteiger partial charge in [-0.25, -0.2) is 4.79 Å². The van der Waals surface area contributed by atoms with Crippen molar-refractivity contribution < 1.29 is 28.5 Å². The van der Waals surface area contributed by atoms with Gasteiger partial charge in [-0.1, -0.05) is 17.7 Å². The van der Waals surface area contributed by atoms with Gasteiger partial charge in [0.05, 0.1) is 43.5 Å². The molecule has 0 saturated heterocycles. The Morgan fingerprint density at radius 1 is 0.953 bits per heavy atom. The fourth-order valence-corrected chi connectivity index (χ4v) is 5.69. The van der Waals surface area contributed by atoms with Gasteiger partial charge in [0.2, 0.25) is 5.75 Å². The third-order valence-electron chi connectivity index (χ3n) is 7.08. The molecule has 43 heavy (non-hydrogen) atoms. The van der Waals surface area contributed by atoms with E-state index >= 15 is 0 Å². The Morgan fingerprint density at radius 3 is 2.30 bits per heavy atom. The molecule has 9 nitrogen and oxygen atoms in total. The van der Waals surface area contributed by atoms with Crippen LogP contribution in [0.25, 0.3) is 11.1 Å². The number of carbonyl (C=O) groups is 2. The molecule has 1 atom stereocenters. The Morgan fingerprint density at radius 2 is 1.67 bits per heavy atom. The molecular weight excluding hydrogens is 568 g/mol. The maximum Gasteiger partial charge on any atom is 0.412 e. The van der Waals surface area contributed by atoms with Crippen molar-refractivity contribution in [1.82, 2.24) is 5.32 Å². The highest BCUT2D eigenvalue weighted by atomic mass is 32.2. The van der Waals surface area contributed by atoms with Crippen molar-refractivity contribution in [3.05, 3.63) is 74.9 Å². The third kappa shape index (κ3) is 6.91. The zero-order valence-corrected chi connectivity index (χ0v) is 26.6. The van der Waals surface area contributed by atoms with Gasteiger partial charge in [0, 0.05) is 5.56 Å². The van der Waals surface area contributed by atoms with Gasteiger partial charge in [0.15, 0.2) is 16.9 Å². The van der Waals surface area contributed by atoms with Crippen LogP contribution in [0.2, 0.25) is 0 Å². The maximum atomic E-state index is 13.9. The van der Waals surface area contributed by atoms with Gasteiger partial charge < -0.3 is 24.3 Å². The lowest BCUT2D eigenvalue weighted by atomic mass is 9.95. The van der Waals surface area contributed by atoms with E-state index in [1.54, 1.807) is 66.4 Å². The van der Waals surface area contributed by atoms with Crippen LogP contribution >= 0.6 is 11.8 Å². The largest absolute Gasteiger partial charge is 0.493 e. The number of fused-ring (bicyclic) bond motifs is 3. The van der Waals surface area contributed by atoms with Gasteiger partial charge >= 0.3 is 6.09 Å². The average Bonchev–Trinajstić information content (AvgIpc) is 3.20. The summed E-state index contributed by atoms with van der Waals surface area (Å²) in [5.41, 5.74) is 3.68.